The predicted molar refractivity (Wildman–Crippen MR) is 104 cm³/mol. The van der Waals surface area contributed by atoms with Gasteiger partial charge in [0, 0.05) is 25.7 Å². The van der Waals surface area contributed by atoms with Crippen LogP contribution in [0.5, 0.6) is 5.75 Å². The second-order valence-electron chi connectivity index (χ2n) is 7.65. The molecule has 1 fully saturated rings. The van der Waals surface area contributed by atoms with Crippen LogP contribution in [0.25, 0.3) is 0 Å². The number of piperidine rings is 1. The van der Waals surface area contributed by atoms with Crippen LogP contribution in [0, 0.1) is 0 Å². The van der Waals surface area contributed by atoms with Crippen molar-refractivity contribution < 1.29 is 19.1 Å². The van der Waals surface area contributed by atoms with Gasteiger partial charge in [-0.25, -0.2) is 9.59 Å². The van der Waals surface area contributed by atoms with Gasteiger partial charge in [0.1, 0.15) is 11.4 Å². The highest BCUT2D eigenvalue weighted by molar-refractivity contribution is 5.74. The van der Waals surface area contributed by atoms with Gasteiger partial charge in [0.15, 0.2) is 0 Å². The van der Waals surface area contributed by atoms with Gasteiger partial charge in [-0.05, 0) is 58.2 Å². The lowest BCUT2D eigenvalue weighted by Crippen LogP contribution is -2.49. The lowest BCUT2D eigenvalue weighted by Gasteiger charge is -2.33. The number of urea groups is 1. The van der Waals surface area contributed by atoms with Crippen molar-refractivity contribution in [2.45, 2.75) is 58.7 Å². The van der Waals surface area contributed by atoms with E-state index in [0.29, 0.717) is 26.2 Å². The third kappa shape index (κ3) is 7.37. The van der Waals surface area contributed by atoms with Crippen molar-refractivity contribution in [3.63, 3.8) is 0 Å². The van der Waals surface area contributed by atoms with Crippen molar-refractivity contribution in [2.24, 2.45) is 0 Å². The number of hydrogen-bond donors (Lipinski definition) is 2. The summed E-state index contributed by atoms with van der Waals surface area (Å²) < 4.78 is 10.8. The molecule has 150 valence electrons. The molecule has 0 unspecified atom stereocenters. The van der Waals surface area contributed by atoms with E-state index >= 15 is 0 Å². The van der Waals surface area contributed by atoms with Crippen molar-refractivity contribution in [3.8, 4) is 5.75 Å². The third-order valence-electron chi connectivity index (χ3n) is 4.17. The van der Waals surface area contributed by atoms with Gasteiger partial charge in [-0.2, -0.15) is 0 Å². The molecular formula is C20H31N3O4. The van der Waals surface area contributed by atoms with Crippen LogP contribution in [0.3, 0.4) is 0 Å². The molecule has 0 saturated carbocycles. The predicted octanol–water partition coefficient (Wildman–Crippen LogP) is 3.28. The average Bonchev–Trinajstić information content (AvgIpc) is 2.60. The maximum atomic E-state index is 12.1. The Balaban J connectivity index is 1.69. The Hall–Kier alpha value is -2.44. The molecule has 1 aliphatic heterocycles. The van der Waals surface area contributed by atoms with Gasteiger partial charge in [0.2, 0.25) is 0 Å². The molecule has 1 aliphatic rings. The van der Waals surface area contributed by atoms with Crippen molar-refractivity contribution in [1.29, 1.82) is 0 Å². The highest BCUT2D eigenvalue weighted by atomic mass is 16.6. The molecule has 0 radical (unpaired) electrons. The SMILES string of the molecule is CCOc1ccc(CNC(=O)NC2CCN(C(=O)OC(C)(C)C)CC2)cc1. The molecule has 0 spiro atoms. The number of ether oxygens (including phenoxy) is 2. The van der Waals surface area contributed by atoms with Gasteiger partial charge in [-0.15, -0.1) is 0 Å². The maximum Gasteiger partial charge on any atom is 0.410 e. The molecule has 3 amide bonds. The van der Waals surface area contributed by atoms with Crippen LogP contribution in [0.15, 0.2) is 24.3 Å². The Kier molecular flexibility index (Phi) is 7.33. The van der Waals surface area contributed by atoms with Crippen LogP contribution in [-0.2, 0) is 11.3 Å². The Morgan fingerprint density at radius 2 is 1.78 bits per heavy atom. The fourth-order valence-corrected chi connectivity index (χ4v) is 2.82. The van der Waals surface area contributed by atoms with Crippen LogP contribution in [-0.4, -0.2) is 48.4 Å². The first-order valence-corrected chi connectivity index (χ1v) is 9.51. The van der Waals surface area contributed by atoms with Crippen molar-refractivity contribution in [1.82, 2.24) is 15.5 Å². The summed E-state index contributed by atoms with van der Waals surface area (Å²) in [4.78, 5) is 25.9. The van der Waals surface area contributed by atoms with Gasteiger partial charge in [-0.3, -0.25) is 0 Å². The van der Waals surface area contributed by atoms with Crippen LogP contribution >= 0.6 is 0 Å². The molecule has 0 bridgehead atoms. The summed E-state index contributed by atoms with van der Waals surface area (Å²) in [5.41, 5.74) is 0.515. The average molecular weight is 377 g/mol. The number of carbonyl (C=O) groups excluding carboxylic acids is 2. The second-order valence-corrected chi connectivity index (χ2v) is 7.65. The van der Waals surface area contributed by atoms with Gasteiger partial charge in [0.25, 0.3) is 0 Å². The highest BCUT2D eigenvalue weighted by Gasteiger charge is 2.27. The molecule has 1 saturated heterocycles. The van der Waals surface area contributed by atoms with E-state index in [-0.39, 0.29) is 18.2 Å². The Morgan fingerprint density at radius 3 is 2.33 bits per heavy atom. The zero-order chi connectivity index (χ0) is 19.9. The number of amides is 3. The maximum absolute atomic E-state index is 12.1. The van der Waals surface area contributed by atoms with Gasteiger partial charge < -0.3 is 25.0 Å². The minimum absolute atomic E-state index is 0.0593. The summed E-state index contributed by atoms with van der Waals surface area (Å²) >= 11 is 0. The largest absolute Gasteiger partial charge is 0.494 e. The first-order chi connectivity index (χ1) is 12.8. The van der Waals surface area contributed by atoms with Crippen LogP contribution in [0.1, 0.15) is 46.1 Å². The first-order valence-electron chi connectivity index (χ1n) is 9.51. The summed E-state index contributed by atoms with van der Waals surface area (Å²) in [5.74, 6) is 0.822. The van der Waals surface area contributed by atoms with Crippen LogP contribution < -0.4 is 15.4 Å². The quantitative estimate of drug-likeness (QED) is 0.825. The normalized spacial score (nSPS) is 15.2. The number of likely N-dealkylation sites (tertiary alicyclic amines) is 1. The zero-order valence-corrected chi connectivity index (χ0v) is 16.7. The molecule has 0 atom stereocenters. The summed E-state index contributed by atoms with van der Waals surface area (Å²) in [5, 5.41) is 5.84. The van der Waals surface area contributed by atoms with Crippen LogP contribution in [0.2, 0.25) is 0 Å². The molecule has 2 N–H and O–H groups in total. The smallest absolute Gasteiger partial charge is 0.410 e. The molecule has 7 heteroatoms. The fraction of sp³-hybridized carbons (Fsp3) is 0.600. The standard InChI is InChI=1S/C20H31N3O4/c1-5-26-17-8-6-15(7-9-17)14-21-18(24)22-16-10-12-23(13-11-16)19(25)27-20(2,3)4/h6-9,16H,5,10-14H2,1-4H3,(H2,21,22,24). The van der Waals surface area contributed by atoms with E-state index in [9.17, 15) is 9.59 Å². The van der Waals surface area contributed by atoms with E-state index in [1.807, 2.05) is 52.0 Å². The molecule has 2 rings (SSSR count). The second kappa shape index (κ2) is 9.48. The van der Waals surface area contributed by atoms with Gasteiger partial charge in [0.05, 0.1) is 6.61 Å². The van der Waals surface area contributed by atoms with E-state index in [1.54, 1.807) is 4.90 Å². The van der Waals surface area contributed by atoms with Crippen molar-refractivity contribution in [2.75, 3.05) is 19.7 Å². The summed E-state index contributed by atoms with van der Waals surface area (Å²) in [7, 11) is 0. The lowest BCUT2D eigenvalue weighted by molar-refractivity contribution is 0.0201. The number of hydrogen-bond acceptors (Lipinski definition) is 4. The molecular weight excluding hydrogens is 346 g/mol. The third-order valence-corrected chi connectivity index (χ3v) is 4.17. The Morgan fingerprint density at radius 1 is 1.15 bits per heavy atom. The molecule has 7 nitrogen and oxygen atoms in total. The summed E-state index contributed by atoms with van der Waals surface area (Å²) in [6.45, 7) is 9.76. The summed E-state index contributed by atoms with van der Waals surface area (Å²) in [6, 6.07) is 7.52. The minimum Gasteiger partial charge on any atom is -0.494 e. The monoisotopic (exact) mass is 377 g/mol. The highest BCUT2D eigenvalue weighted by Crippen LogP contribution is 2.15. The fourth-order valence-electron chi connectivity index (χ4n) is 2.82. The van der Waals surface area contributed by atoms with E-state index in [2.05, 4.69) is 10.6 Å². The number of rotatable bonds is 5. The van der Waals surface area contributed by atoms with E-state index < -0.39 is 5.60 Å². The zero-order valence-electron chi connectivity index (χ0n) is 16.7. The molecule has 1 heterocycles. The number of benzene rings is 1. The Labute approximate surface area is 161 Å². The van der Waals surface area contributed by atoms with Gasteiger partial charge >= 0.3 is 12.1 Å². The van der Waals surface area contributed by atoms with Crippen molar-refractivity contribution >= 4 is 12.1 Å². The van der Waals surface area contributed by atoms with E-state index in [1.165, 1.54) is 0 Å². The number of nitrogens with zero attached hydrogens (tertiary/aromatic N) is 1. The van der Waals surface area contributed by atoms with Gasteiger partial charge in [-0.1, -0.05) is 12.1 Å². The molecule has 1 aromatic rings. The molecule has 27 heavy (non-hydrogen) atoms. The lowest BCUT2D eigenvalue weighted by atomic mass is 10.1. The number of nitrogens with one attached hydrogen (secondary N) is 2. The topological polar surface area (TPSA) is 79.9 Å². The summed E-state index contributed by atoms with van der Waals surface area (Å²) in [6.07, 6.45) is 1.15. The van der Waals surface area contributed by atoms with E-state index in [0.717, 1.165) is 24.2 Å². The molecule has 1 aromatic carbocycles. The molecule has 0 aliphatic carbocycles. The number of carbonyl (C=O) groups is 2. The van der Waals surface area contributed by atoms with Crippen LogP contribution in [0.4, 0.5) is 9.59 Å². The Bertz CT molecular complexity index is 617. The van der Waals surface area contributed by atoms with E-state index in [4.69, 9.17) is 9.47 Å². The molecule has 0 aromatic heterocycles. The minimum atomic E-state index is -0.493. The van der Waals surface area contributed by atoms with Crippen molar-refractivity contribution in [3.05, 3.63) is 29.8 Å². The first kappa shape index (κ1) is 20.9.